The van der Waals surface area contributed by atoms with Gasteiger partial charge in [-0.2, -0.15) is 0 Å². The van der Waals surface area contributed by atoms with Gasteiger partial charge in [0.25, 0.3) is 5.91 Å². The van der Waals surface area contributed by atoms with Crippen molar-refractivity contribution < 1.29 is 9.18 Å². The smallest absolute Gasteiger partial charge is 0.254 e. The summed E-state index contributed by atoms with van der Waals surface area (Å²) in [5, 5.41) is 3.21. The third-order valence-corrected chi connectivity index (χ3v) is 2.83. The SMILES string of the molecule is C[C@@H]1CNCCN1C(=O)c1cccc(F)c1. The molecule has 1 fully saturated rings. The molecule has 1 aromatic rings. The van der Waals surface area contributed by atoms with E-state index in [2.05, 4.69) is 5.32 Å². The summed E-state index contributed by atoms with van der Waals surface area (Å²) in [5.74, 6) is -0.456. The molecule has 86 valence electrons. The average molecular weight is 222 g/mol. The van der Waals surface area contributed by atoms with Gasteiger partial charge in [-0.05, 0) is 25.1 Å². The number of carbonyl (C=O) groups excluding carboxylic acids is 1. The van der Waals surface area contributed by atoms with Crippen LogP contribution in [0, 0.1) is 5.82 Å². The predicted octanol–water partition coefficient (Wildman–Crippen LogP) is 1.26. The van der Waals surface area contributed by atoms with Crippen molar-refractivity contribution in [2.45, 2.75) is 13.0 Å². The third kappa shape index (κ3) is 2.22. The van der Waals surface area contributed by atoms with E-state index in [0.29, 0.717) is 12.1 Å². The Labute approximate surface area is 94.3 Å². The number of nitrogens with one attached hydrogen (secondary N) is 1. The van der Waals surface area contributed by atoms with Gasteiger partial charge in [-0.15, -0.1) is 0 Å². The van der Waals surface area contributed by atoms with E-state index in [-0.39, 0.29) is 17.8 Å². The summed E-state index contributed by atoms with van der Waals surface area (Å²) in [7, 11) is 0. The van der Waals surface area contributed by atoms with Crippen molar-refractivity contribution in [3.8, 4) is 0 Å². The minimum absolute atomic E-state index is 0.0894. The van der Waals surface area contributed by atoms with Crippen molar-refractivity contribution in [2.75, 3.05) is 19.6 Å². The zero-order valence-electron chi connectivity index (χ0n) is 9.24. The van der Waals surface area contributed by atoms with Gasteiger partial charge in [-0.1, -0.05) is 6.07 Å². The van der Waals surface area contributed by atoms with Crippen molar-refractivity contribution in [1.29, 1.82) is 0 Å². The summed E-state index contributed by atoms with van der Waals surface area (Å²) in [5.41, 5.74) is 0.425. The van der Waals surface area contributed by atoms with E-state index in [1.165, 1.54) is 12.1 Å². The lowest BCUT2D eigenvalue weighted by Crippen LogP contribution is -2.52. The van der Waals surface area contributed by atoms with Crippen LogP contribution < -0.4 is 5.32 Å². The van der Waals surface area contributed by atoms with Crippen LogP contribution in [-0.2, 0) is 0 Å². The van der Waals surface area contributed by atoms with Crippen LogP contribution in [0.3, 0.4) is 0 Å². The molecule has 3 nitrogen and oxygen atoms in total. The van der Waals surface area contributed by atoms with Crippen LogP contribution in [0.25, 0.3) is 0 Å². The quantitative estimate of drug-likeness (QED) is 0.776. The average Bonchev–Trinajstić information content (AvgIpc) is 2.29. The van der Waals surface area contributed by atoms with E-state index >= 15 is 0 Å². The zero-order valence-corrected chi connectivity index (χ0v) is 9.24. The molecule has 0 saturated carbocycles. The van der Waals surface area contributed by atoms with Gasteiger partial charge in [-0.25, -0.2) is 4.39 Å². The Balaban J connectivity index is 2.17. The number of hydrogen-bond acceptors (Lipinski definition) is 2. The van der Waals surface area contributed by atoms with Crippen molar-refractivity contribution in [1.82, 2.24) is 10.2 Å². The summed E-state index contributed by atoms with van der Waals surface area (Å²) in [4.78, 5) is 13.9. The second kappa shape index (κ2) is 4.61. The molecule has 1 aromatic carbocycles. The highest BCUT2D eigenvalue weighted by atomic mass is 19.1. The highest BCUT2D eigenvalue weighted by Gasteiger charge is 2.23. The first-order chi connectivity index (χ1) is 7.68. The molecule has 0 aromatic heterocycles. The molecule has 1 aliphatic rings. The van der Waals surface area contributed by atoms with Crippen LogP contribution in [0.1, 0.15) is 17.3 Å². The molecule has 1 atom stereocenters. The summed E-state index contributed by atoms with van der Waals surface area (Å²) < 4.78 is 13.0. The second-order valence-electron chi connectivity index (χ2n) is 4.06. The number of piperazine rings is 1. The maximum Gasteiger partial charge on any atom is 0.254 e. The Bertz CT molecular complexity index is 394. The van der Waals surface area contributed by atoms with E-state index in [9.17, 15) is 9.18 Å². The standard InChI is InChI=1S/C12H15FN2O/c1-9-8-14-5-6-15(9)12(16)10-3-2-4-11(13)7-10/h2-4,7,9,14H,5-6,8H2,1H3/t9-/m1/s1. The molecule has 1 heterocycles. The molecule has 16 heavy (non-hydrogen) atoms. The summed E-state index contributed by atoms with van der Waals surface area (Å²) in [6.07, 6.45) is 0. The molecule has 1 amide bonds. The molecule has 1 N–H and O–H groups in total. The van der Waals surface area contributed by atoms with Gasteiger partial charge in [0.05, 0.1) is 0 Å². The zero-order chi connectivity index (χ0) is 11.5. The lowest BCUT2D eigenvalue weighted by atomic mass is 10.1. The predicted molar refractivity (Wildman–Crippen MR) is 59.8 cm³/mol. The molecular weight excluding hydrogens is 207 g/mol. The number of amides is 1. The first-order valence-corrected chi connectivity index (χ1v) is 5.46. The third-order valence-electron chi connectivity index (χ3n) is 2.83. The van der Waals surface area contributed by atoms with Crippen LogP contribution in [0.5, 0.6) is 0 Å². The fourth-order valence-corrected chi connectivity index (χ4v) is 1.93. The number of benzene rings is 1. The molecule has 0 radical (unpaired) electrons. The first kappa shape index (κ1) is 11.1. The van der Waals surface area contributed by atoms with Gasteiger partial charge >= 0.3 is 0 Å². The minimum atomic E-state index is -0.367. The van der Waals surface area contributed by atoms with Gasteiger partial charge < -0.3 is 10.2 Å². The van der Waals surface area contributed by atoms with Crippen molar-refractivity contribution in [3.05, 3.63) is 35.6 Å². The van der Waals surface area contributed by atoms with Crippen LogP contribution in [0.15, 0.2) is 24.3 Å². The fourth-order valence-electron chi connectivity index (χ4n) is 1.93. The van der Waals surface area contributed by atoms with Crippen LogP contribution >= 0.6 is 0 Å². The Morgan fingerprint density at radius 1 is 1.56 bits per heavy atom. The fraction of sp³-hybridized carbons (Fsp3) is 0.417. The molecule has 2 rings (SSSR count). The van der Waals surface area contributed by atoms with Crippen LogP contribution in [0.2, 0.25) is 0 Å². The highest BCUT2D eigenvalue weighted by molar-refractivity contribution is 5.94. The summed E-state index contributed by atoms with van der Waals surface area (Å²) in [6.45, 7) is 4.26. The van der Waals surface area contributed by atoms with Crippen molar-refractivity contribution in [2.24, 2.45) is 0 Å². The maximum atomic E-state index is 13.0. The molecule has 0 unspecified atom stereocenters. The Hall–Kier alpha value is -1.42. The second-order valence-corrected chi connectivity index (χ2v) is 4.06. The monoisotopic (exact) mass is 222 g/mol. The number of rotatable bonds is 1. The van der Waals surface area contributed by atoms with Crippen LogP contribution in [-0.4, -0.2) is 36.5 Å². The topological polar surface area (TPSA) is 32.3 Å². The lowest BCUT2D eigenvalue weighted by molar-refractivity contribution is 0.0655. The first-order valence-electron chi connectivity index (χ1n) is 5.46. The van der Waals surface area contributed by atoms with Gasteiger partial charge in [-0.3, -0.25) is 4.79 Å². The Kier molecular flexibility index (Phi) is 3.19. The van der Waals surface area contributed by atoms with E-state index in [4.69, 9.17) is 0 Å². The molecule has 0 spiro atoms. The lowest BCUT2D eigenvalue weighted by Gasteiger charge is -2.34. The van der Waals surface area contributed by atoms with E-state index in [1.54, 1.807) is 17.0 Å². The Morgan fingerprint density at radius 2 is 2.38 bits per heavy atom. The number of halogens is 1. The normalized spacial score (nSPS) is 20.9. The van der Waals surface area contributed by atoms with E-state index in [1.807, 2.05) is 6.92 Å². The summed E-state index contributed by atoms with van der Waals surface area (Å²) >= 11 is 0. The number of carbonyl (C=O) groups is 1. The molecular formula is C12H15FN2O. The van der Waals surface area contributed by atoms with E-state index in [0.717, 1.165) is 13.1 Å². The van der Waals surface area contributed by atoms with Crippen LogP contribution in [0.4, 0.5) is 4.39 Å². The Morgan fingerprint density at radius 3 is 3.06 bits per heavy atom. The van der Waals surface area contributed by atoms with Gasteiger partial charge in [0, 0.05) is 31.2 Å². The maximum absolute atomic E-state index is 13.0. The van der Waals surface area contributed by atoms with Gasteiger partial charge in [0.15, 0.2) is 0 Å². The van der Waals surface area contributed by atoms with Crippen molar-refractivity contribution >= 4 is 5.91 Å². The molecule has 1 aliphatic heterocycles. The van der Waals surface area contributed by atoms with E-state index < -0.39 is 0 Å². The van der Waals surface area contributed by atoms with Gasteiger partial charge in [0.2, 0.25) is 0 Å². The molecule has 0 bridgehead atoms. The number of nitrogens with zero attached hydrogens (tertiary/aromatic N) is 1. The minimum Gasteiger partial charge on any atom is -0.333 e. The molecule has 4 heteroatoms. The number of hydrogen-bond donors (Lipinski definition) is 1. The molecule has 0 aliphatic carbocycles. The van der Waals surface area contributed by atoms with Crippen molar-refractivity contribution in [3.63, 3.8) is 0 Å². The summed E-state index contributed by atoms with van der Waals surface area (Å²) in [6, 6.07) is 6.01. The largest absolute Gasteiger partial charge is 0.333 e. The molecule has 1 saturated heterocycles. The highest BCUT2D eigenvalue weighted by Crippen LogP contribution is 2.11. The van der Waals surface area contributed by atoms with Gasteiger partial charge in [0.1, 0.15) is 5.82 Å².